The molecule has 1 aromatic rings. The fourth-order valence-electron chi connectivity index (χ4n) is 2.93. The van der Waals surface area contributed by atoms with Gasteiger partial charge < -0.3 is 10.4 Å². The fraction of sp³-hybridized carbons (Fsp3) is 0.625. The van der Waals surface area contributed by atoms with Crippen LogP contribution in [-0.2, 0) is 6.42 Å². The molecule has 1 aromatic carbocycles. The van der Waals surface area contributed by atoms with Gasteiger partial charge in [-0.25, -0.2) is 0 Å². The van der Waals surface area contributed by atoms with Crippen molar-refractivity contribution in [2.24, 2.45) is 5.92 Å². The van der Waals surface area contributed by atoms with Crippen LogP contribution in [0.3, 0.4) is 0 Å². The van der Waals surface area contributed by atoms with E-state index in [0.717, 1.165) is 6.42 Å². The summed E-state index contributed by atoms with van der Waals surface area (Å²) >= 11 is 0. The molecule has 0 aliphatic heterocycles. The molecular weight excluding hydrogens is 222 g/mol. The smallest absolute Gasteiger partial charge is 0.0445 e. The normalized spacial score (nSPS) is 20.8. The van der Waals surface area contributed by atoms with Crippen LogP contribution in [0.5, 0.6) is 0 Å². The lowest BCUT2D eigenvalue weighted by atomic mass is 9.86. The predicted molar refractivity (Wildman–Crippen MR) is 75.6 cm³/mol. The van der Waals surface area contributed by atoms with E-state index in [1.54, 1.807) is 0 Å². The van der Waals surface area contributed by atoms with E-state index in [1.807, 2.05) is 0 Å². The molecule has 0 bridgehead atoms. The van der Waals surface area contributed by atoms with Crippen molar-refractivity contribution in [2.75, 3.05) is 6.61 Å². The average molecular weight is 247 g/mol. The van der Waals surface area contributed by atoms with Gasteiger partial charge in [0, 0.05) is 18.7 Å². The first-order valence-electron chi connectivity index (χ1n) is 7.17. The number of benzene rings is 1. The van der Waals surface area contributed by atoms with Gasteiger partial charge in [0.05, 0.1) is 0 Å². The third-order valence-corrected chi connectivity index (χ3v) is 4.03. The minimum absolute atomic E-state index is 0.268. The van der Waals surface area contributed by atoms with Crippen molar-refractivity contribution >= 4 is 0 Å². The Labute approximate surface area is 110 Å². The van der Waals surface area contributed by atoms with Crippen molar-refractivity contribution in [1.29, 1.82) is 0 Å². The minimum atomic E-state index is 0.268. The second kappa shape index (κ2) is 6.35. The predicted octanol–water partition coefficient (Wildman–Crippen LogP) is 3.06. The summed E-state index contributed by atoms with van der Waals surface area (Å²) < 4.78 is 0. The Morgan fingerprint density at radius 3 is 2.83 bits per heavy atom. The summed E-state index contributed by atoms with van der Waals surface area (Å²) in [7, 11) is 0. The molecule has 0 fully saturated rings. The molecular formula is C16H25NO. The number of aliphatic hydroxyl groups is 1. The fourth-order valence-corrected chi connectivity index (χ4v) is 2.93. The van der Waals surface area contributed by atoms with E-state index < -0.39 is 0 Å². The van der Waals surface area contributed by atoms with Crippen molar-refractivity contribution < 1.29 is 5.11 Å². The zero-order valence-electron chi connectivity index (χ0n) is 11.5. The number of hydrogen-bond acceptors (Lipinski definition) is 2. The molecule has 0 radical (unpaired) electrons. The lowest BCUT2D eigenvalue weighted by Gasteiger charge is -2.32. The van der Waals surface area contributed by atoms with Gasteiger partial charge in [-0.2, -0.15) is 0 Å². The lowest BCUT2D eigenvalue weighted by Crippen LogP contribution is -2.38. The Hall–Kier alpha value is -0.860. The molecule has 2 unspecified atom stereocenters. The maximum atomic E-state index is 9.17. The molecule has 2 N–H and O–H groups in total. The van der Waals surface area contributed by atoms with Crippen LogP contribution in [0.1, 0.15) is 50.3 Å². The molecule has 0 saturated carbocycles. The molecule has 0 spiro atoms. The molecule has 0 amide bonds. The van der Waals surface area contributed by atoms with Crippen LogP contribution in [0, 0.1) is 5.92 Å². The zero-order chi connectivity index (χ0) is 13.0. The standard InChI is InChI=1S/C16H25NO/c1-12(2)15(10-11-18)17-16-9-5-7-13-6-3-4-8-14(13)16/h3-4,6,8,12,15-18H,5,7,9-11H2,1-2H3. The third-order valence-electron chi connectivity index (χ3n) is 4.03. The lowest BCUT2D eigenvalue weighted by molar-refractivity contribution is 0.230. The van der Waals surface area contributed by atoms with Gasteiger partial charge in [-0.15, -0.1) is 0 Å². The van der Waals surface area contributed by atoms with E-state index in [1.165, 1.54) is 30.4 Å². The SMILES string of the molecule is CC(C)C(CCO)NC1CCCc2ccccc21. The Balaban J connectivity index is 2.10. The Bertz CT molecular complexity index is 375. The van der Waals surface area contributed by atoms with Crippen LogP contribution in [0.2, 0.25) is 0 Å². The Morgan fingerprint density at radius 1 is 1.33 bits per heavy atom. The van der Waals surface area contributed by atoms with Gasteiger partial charge in [0.15, 0.2) is 0 Å². The summed E-state index contributed by atoms with van der Waals surface area (Å²) in [4.78, 5) is 0. The van der Waals surface area contributed by atoms with Crippen LogP contribution in [0.25, 0.3) is 0 Å². The van der Waals surface area contributed by atoms with Gasteiger partial charge in [-0.3, -0.25) is 0 Å². The van der Waals surface area contributed by atoms with E-state index in [9.17, 15) is 5.11 Å². The molecule has 18 heavy (non-hydrogen) atoms. The summed E-state index contributed by atoms with van der Waals surface area (Å²) in [5.74, 6) is 0.561. The first kappa shape index (κ1) is 13.6. The van der Waals surface area contributed by atoms with E-state index in [0.29, 0.717) is 18.0 Å². The van der Waals surface area contributed by atoms with Crippen LogP contribution >= 0.6 is 0 Å². The second-order valence-electron chi connectivity index (χ2n) is 5.67. The number of nitrogens with one attached hydrogen (secondary N) is 1. The first-order chi connectivity index (χ1) is 8.72. The van der Waals surface area contributed by atoms with Crippen LogP contribution < -0.4 is 5.32 Å². The number of aryl methyl sites for hydroxylation is 1. The zero-order valence-corrected chi connectivity index (χ0v) is 11.5. The van der Waals surface area contributed by atoms with Crippen molar-refractivity contribution in [3.05, 3.63) is 35.4 Å². The van der Waals surface area contributed by atoms with E-state index in [4.69, 9.17) is 0 Å². The summed E-state index contributed by atoms with van der Waals surface area (Å²) in [5, 5.41) is 12.9. The van der Waals surface area contributed by atoms with Gasteiger partial charge in [-0.05, 0) is 42.7 Å². The average Bonchev–Trinajstić information content (AvgIpc) is 2.38. The highest BCUT2D eigenvalue weighted by Gasteiger charge is 2.23. The molecule has 1 aliphatic carbocycles. The summed E-state index contributed by atoms with van der Waals surface area (Å²) in [6, 6.07) is 9.65. The van der Waals surface area contributed by atoms with Crippen LogP contribution in [-0.4, -0.2) is 17.8 Å². The highest BCUT2D eigenvalue weighted by molar-refractivity contribution is 5.32. The molecule has 0 aromatic heterocycles. The van der Waals surface area contributed by atoms with Gasteiger partial charge in [-0.1, -0.05) is 38.1 Å². The van der Waals surface area contributed by atoms with E-state index >= 15 is 0 Å². The largest absolute Gasteiger partial charge is 0.396 e. The van der Waals surface area contributed by atoms with Gasteiger partial charge in [0.25, 0.3) is 0 Å². The summed E-state index contributed by atoms with van der Waals surface area (Å²) in [5.41, 5.74) is 2.96. The Morgan fingerprint density at radius 2 is 2.11 bits per heavy atom. The van der Waals surface area contributed by atoms with Crippen LogP contribution in [0.15, 0.2) is 24.3 Å². The molecule has 1 aliphatic rings. The van der Waals surface area contributed by atoms with Gasteiger partial charge >= 0.3 is 0 Å². The van der Waals surface area contributed by atoms with Crippen molar-refractivity contribution in [3.8, 4) is 0 Å². The van der Waals surface area contributed by atoms with Crippen molar-refractivity contribution in [3.63, 3.8) is 0 Å². The molecule has 2 heteroatoms. The topological polar surface area (TPSA) is 32.3 Å². The second-order valence-corrected chi connectivity index (χ2v) is 5.67. The number of fused-ring (bicyclic) bond motifs is 1. The van der Waals surface area contributed by atoms with Gasteiger partial charge in [0.1, 0.15) is 0 Å². The maximum absolute atomic E-state index is 9.17. The summed E-state index contributed by atoms with van der Waals surface area (Å²) in [6.07, 6.45) is 4.53. The summed E-state index contributed by atoms with van der Waals surface area (Å²) in [6.45, 7) is 4.72. The first-order valence-corrected chi connectivity index (χ1v) is 7.17. The molecule has 100 valence electrons. The van der Waals surface area contributed by atoms with Crippen LogP contribution in [0.4, 0.5) is 0 Å². The molecule has 2 rings (SSSR count). The molecule has 0 heterocycles. The molecule has 0 saturated heterocycles. The number of rotatable bonds is 5. The molecule has 2 atom stereocenters. The van der Waals surface area contributed by atoms with E-state index in [-0.39, 0.29) is 6.61 Å². The number of aliphatic hydroxyl groups excluding tert-OH is 1. The number of hydrogen-bond donors (Lipinski definition) is 2. The molecule has 2 nitrogen and oxygen atoms in total. The highest BCUT2D eigenvalue weighted by Crippen LogP contribution is 2.30. The van der Waals surface area contributed by atoms with Gasteiger partial charge in [0.2, 0.25) is 0 Å². The minimum Gasteiger partial charge on any atom is -0.396 e. The quantitative estimate of drug-likeness (QED) is 0.838. The van der Waals surface area contributed by atoms with Crippen molar-refractivity contribution in [2.45, 2.75) is 51.6 Å². The Kier molecular flexibility index (Phi) is 4.79. The maximum Gasteiger partial charge on any atom is 0.0445 e. The van der Waals surface area contributed by atoms with E-state index in [2.05, 4.69) is 43.4 Å². The third kappa shape index (κ3) is 3.12. The monoisotopic (exact) mass is 247 g/mol. The highest BCUT2D eigenvalue weighted by atomic mass is 16.3. The van der Waals surface area contributed by atoms with Crippen molar-refractivity contribution in [1.82, 2.24) is 5.32 Å².